The number of ketones is 1. The molecule has 1 saturated heterocycles. The highest BCUT2D eigenvalue weighted by Gasteiger charge is 2.37. The van der Waals surface area contributed by atoms with Crippen LogP contribution in [0.1, 0.15) is 54.9 Å². The fourth-order valence-electron chi connectivity index (χ4n) is 4.31. The Morgan fingerprint density at radius 3 is 2.59 bits per heavy atom. The lowest BCUT2D eigenvalue weighted by molar-refractivity contribution is 0.0401. The Balaban J connectivity index is 1.87. The summed E-state index contributed by atoms with van der Waals surface area (Å²) in [7, 11) is 1.67. The van der Waals surface area contributed by atoms with Crippen LogP contribution in [0.4, 0.5) is 0 Å². The van der Waals surface area contributed by atoms with E-state index in [4.69, 9.17) is 4.74 Å². The number of hydrogen-bond donors (Lipinski definition) is 0. The first-order valence-electron chi connectivity index (χ1n) is 10.4. The van der Waals surface area contributed by atoms with Gasteiger partial charge in [-0.3, -0.25) is 9.69 Å². The van der Waals surface area contributed by atoms with E-state index < -0.39 is 0 Å². The Morgan fingerprint density at radius 2 is 1.93 bits per heavy atom. The molecule has 2 aliphatic rings. The monoisotopic (exact) mass is 367 g/mol. The molecule has 1 heterocycles. The molecule has 0 spiro atoms. The Morgan fingerprint density at radius 1 is 1.15 bits per heavy atom. The number of hydrogen-bond acceptors (Lipinski definition) is 3. The van der Waals surface area contributed by atoms with Crippen LogP contribution < -0.4 is 4.74 Å². The van der Waals surface area contributed by atoms with Crippen molar-refractivity contribution in [1.29, 1.82) is 0 Å². The van der Waals surface area contributed by atoms with Gasteiger partial charge in [0, 0.05) is 24.1 Å². The fraction of sp³-hybridized carbons (Fsp3) is 0.542. The lowest BCUT2D eigenvalue weighted by Gasteiger charge is -2.44. The molecule has 1 aromatic carbocycles. The van der Waals surface area contributed by atoms with Gasteiger partial charge in [0.1, 0.15) is 5.75 Å². The van der Waals surface area contributed by atoms with Crippen molar-refractivity contribution in [3.05, 3.63) is 53.6 Å². The van der Waals surface area contributed by atoms with Crippen LogP contribution in [0.15, 0.2) is 42.5 Å². The van der Waals surface area contributed by atoms with Crippen molar-refractivity contribution in [1.82, 2.24) is 4.90 Å². The highest BCUT2D eigenvalue weighted by molar-refractivity contribution is 5.98. The van der Waals surface area contributed by atoms with Crippen LogP contribution >= 0.6 is 0 Å². The molecule has 0 N–H and O–H groups in total. The first-order valence-corrected chi connectivity index (χ1v) is 10.4. The highest BCUT2D eigenvalue weighted by atomic mass is 16.5. The average molecular weight is 368 g/mol. The van der Waals surface area contributed by atoms with Crippen LogP contribution in [0.3, 0.4) is 0 Å². The largest absolute Gasteiger partial charge is 0.497 e. The van der Waals surface area contributed by atoms with Gasteiger partial charge in [0.15, 0.2) is 5.78 Å². The SMILES string of the molecule is CC[C@H]1CCN(C2CCC2)C[C@H]1C(=O)c1ccccc(OC)cc(C)cc1. The third-order valence-electron chi connectivity index (χ3n) is 6.30. The zero-order chi connectivity index (χ0) is 19.2. The van der Waals surface area contributed by atoms with E-state index in [1.54, 1.807) is 7.11 Å². The van der Waals surface area contributed by atoms with Crippen molar-refractivity contribution in [3.8, 4) is 5.75 Å². The van der Waals surface area contributed by atoms with E-state index in [-0.39, 0.29) is 5.92 Å². The van der Waals surface area contributed by atoms with Crippen LogP contribution in [0.5, 0.6) is 5.75 Å². The van der Waals surface area contributed by atoms with Gasteiger partial charge in [-0.2, -0.15) is 0 Å². The molecule has 0 unspecified atom stereocenters. The van der Waals surface area contributed by atoms with E-state index in [0.29, 0.717) is 17.7 Å². The average Bonchev–Trinajstić information content (AvgIpc) is 2.64. The summed E-state index contributed by atoms with van der Waals surface area (Å²) in [5.74, 6) is 1.73. The number of nitrogens with zero attached hydrogens (tertiary/aromatic N) is 1. The number of rotatable bonds is 5. The van der Waals surface area contributed by atoms with Gasteiger partial charge < -0.3 is 4.74 Å². The molecule has 27 heavy (non-hydrogen) atoms. The Bertz CT molecular complexity index is 709. The van der Waals surface area contributed by atoms with E-state index in [1.807, 2.05) is 49.4 Å². The molecule has 2 atom stereocenters. The van der Waals surface area contributed by atoms with Crippen molar-refractivity contribution < 1.29 is 9.53 Å². The molecular weight excluding hydrogens is 334 g/mol. The molecule has 3 heteroatoms. The minimum atomic E-state index is 0.117. The third kappa shape index (κ3) is 4.90. The fourth-order valence-corrected chi connectivity index (χ4v) is 4.31. The summed E-state index contributed by atoms with van der Waals surface area (Å²) in [4.78, 5) is 16.0. The molecule has 0 radical (unpaired) electrons. The topological polar surface area (TPSA) is 29.5 Å². The van der Waals surface area contributed by atoms with Gasteiger partial charge in [0.05, 0.1) is 7.11 Å². The Hall–Kier alpha value is -1.87. The predicted octanol–water partition coefficient (Wildman–Crippen LogP) is 5.21. The van der Waals surface area contributed by atoms with Crippen molar-refractivity contribution in [2.75, 3.05) is 20.2 Å². The normalized spacial score (nSPS) is 23.2. The summed E-state index contributed by atoms with van der Waals surface area (Å²) in [5.41, 5.74) is 1.89. The second-order valence-electron chi connectivity index (χ2n) is 8.01. The van der Waals surface area contributed by atoms with Gasteiger partial charge >= 0.3 is 0 Å². The predicted molar refractivity (Wildman–Crippen MR) is 111 cm³/mol. The minimum absolute atomic E-state index is 0.117. The summed E-state index contributed by atoms with van der Waals surface area (Å²) in [6.45, 7) is 6.35. The molecular formula is C24H33NO2. The standard InChI is InChI=1S/C24H33NO2/c1-4-19-14-15-25(21-9-7-10-21)17-23(19)24(26)20-8-5-6-11-22(27-3)16-18(2)12-13-20/h5-6,8,11-13,16,19,21,23H,4,7,9-10,14-15,17H2,1-3H3/t19-,23+/m0/s1. The van der Waals surface area contributed by atoms with E-state index >= 15 is 0 Å². The number of likely N-dealkylation sites (tertiary alicyclic amines) is 1. The van der Waals surface area contributed by atoms with Crippen molar-refractivity contribution in [2.45, 2.75) is 52.0 Å². The highest BCUT2D eigenvalue weighted by Crippen LogP contribution is 2.34. The number of carbonyl (C=O) groups is 1. The summed E-state index contributed by atoms with van der Waals surface area (Å²) < 4.78 is 5.35. The number of carbonyl (C=O) groups excluding carboxylic acids is 1. The zero-order valence-electron chi connectivity index (χ0n) is 17.0. The number of ether oxygens (including phenoxy) is 1. The quantitative estimate of drug-likeness (QED) is 0.669. The molecule has 3 rings (SSSR count). The van der Waals surface area contributed by atoms with Crippen LogP contribution in [0.25, 0.3) is 0 Å². The van der Waals surface area contributed by atoms with Gasteiger partial charge in [0.2, 0.25) is 0 Å². The summed E-state index contributed by atoms with van der Waals surface area (Å²) in [6.07, 6.45) is 6.19. The van der Waals surface area contributed by atoms with E-state index in [1.165, 1.54) is 19.3 Å². The van der Waals surface area contributed by atoms with Crippen molar-refractivity contribution in [3.63, 3.8) is 0 Å². The summed E-state index contributed by atoms with van der Waals surface area (Å²) in [5, 5.41) is 0. The van der Waals surface area contributed by atoms with Crippen LogP contribution in [0.2, 0.25) is 0 Å². The second kappa shape index (κ2) is 9.36. The smallest absolute Gasteiger partial charge is 0.167 e. The minimum Gasteiger partial charge on any atom is -0.497 e. The van der Waals surface area contributed by atoms with Gasteiger partial charge in [-0.15, -0.1) is 0 Å². The molecule has 1 aromatic rings. The first kappa shape index (κ1) is 19.9. The van der Waals surface area contributed by atoms with E-state index in [0.717, 1.165) is 42.8 Å². The number of Topliss-reactive ketones (excluding diaryl/α,β-unsaturated/α-hetero) is 1. The third-order valence-corrected chi connectivity index (χ3v) is 6.30. The summed E-state index contributed by atoms with van der Waals surface area (Å²) >= 11 is 0. The lowest BCUT2D eigenvalue weighted by Crippen LogP contribution is -2.50. The Labute approximate surface area is 164 Å². The first-order chi connectivity index (χ1) is 13.1. The van der Waals surface area contributed by atoms with Crippen LogP contribution in [-0.4, -0.2) is 36.9 Å². The number of methoxy groups -OCH3 is 1. The Kier molecular flexibility index (Phi) is 6.89. The zero-order valence-corrected chi connectivity index (χ0v) is 17.0. The summed E-state index contributed by atoms with van der Waals surface area (Å²) in [6, 6.07) is 14.5. The van der Waals surface area contributed by atoms with E-state index in [2.05, 4.69) is 11.8 Å². The molecule has 1 saturated carbocycles. The maximum Gasteiger partial charge on any atom is 0.167 e. The lowest BCUT2D eigenvalue weighted by atomic mass is 9.77. The van der Waals surface area contributed by atoms with Gasteiger partial charge in [-0.05, 0) is 56.3 Å². The molecule has 3 nitrogen and oxygen atoms in total. The number of piperidine rings is 1. The van der Waals surface area contributed by atoms with Gasteiger partial charge in [0.25, 0.3) is 0 Å². The second-order valence-corrected chi connectivity index (χ2v) is 8.01. The molecule has 1 aliphatic heterocycles. The molecule has 1 aliphatic carbocycles. The van der Waals surface area contributed by atoms with Crippen molar-refractivity contribution >= 4 is 5.78 Å². The van der Waals surface area contributed by atoms with Gasteiger partial charge in [-0.1, -0.05) is 50.1 Å². The molecule has 0 bridgehead atoms. The maximum atomic E-state index is 13.4. The molecule has 0 aromatic heterocycles. The van der Waals surface area contributed by atoms with E-state index in [9.17, 15) is 4.79 Å². The molecule has 2 fully saturated rings. The number of aryl methyl sites for hydroxylation is 1. The maximum absolute atomic E-state index is 13.4. The van der Waals surface area contributed by atoms with Crippen molar-refractivity contribution in [2.24, 2.45) is 11.8 Å². The van der Waals surface area contributed by atoms with Crippen LogP contribution in [-0.2, 0) is 0 Å². The molecule has 0 amide bonds. The molecule has 146 valence electrons. The van der Waals surface area contributed by atoms with Crippen LogP contribution in [0, 0.1) is 18.8 Å². The van der Waals surface area contributed by atoms with Gasteiger partial charge in [-0.25, -0.2) is 0 Å².